The zero-order valence-corrected chi connectivity index (χ0v) is 9.61. The first-order chi connectivity index (χ1) is 8.65. The van der Waals surface area contributed by atoms with Crippen molar-refractivity contribution >= 4 is 11.4 Å². The molecular formula is C12H12N4O2. The molecule has 1 saturated carbocycles. The largest absolute Gasteiger partial charge is 0.393 e. The van der Waals surface area contributed by atoms with Crippen LogP contribution in [0.2, 0.25) is 0 Å². The molecule has 0 radical (unpaired) electrons. The minimum Gasteiger partial charge on any atom is -0.393 e. The molecule has 1 aromatic heterocycles. The predicted octanol–water partition coefficient (Wildman–Crippen LogP) is 2.24. The number of benzene rings is 1. The van der Waals surface area contributed by atoms with Crippen molar-refractivity contribution in [3.05, 3.63) is 46.3 Å². The quantitative estimate of drug-likeness (QED) is 0.509. The van der Waals surface area contributed by atoms with Crippen molar-refractivity contribution in [1.82, 2.24) is 9.78 Å². The molecule has 1 aromatic carbocycles. The lowest BCUT2D eigenvalue weighted by molar-refractivity contribution is -0.383. The maximum absolute atomic E-state index is 10.7. The monoisotopic (exact) mass is 244 g/mol. The van der Waals surface area contributed by atoms with Crippen molar-refractivity contribution in [2.24, 2.45) is 0 Å². The second-order valence-corrected chi connectivity index (χ2v) is 4.46. The van der Waals surface area contributed by atoms with Crippen molar-refractivity contribution in [2.75, 3.05) is 5.73 Å². The van der Waals surface area contributed by atoms with E-state index in [1.807, 2.05) is 12.3 Å². The van der Waals surface area contributed by atoms with Gasteiger partial charge < -0.3 is 5.73 Å². The normalized spacial score (nSPS) is 14.7. The summed E-state index contributed by atoms with van der Waals surface area (Å²) in [6.07, 6.45) is 4.24. The summed E-state index contributed by atoms with van der Waals surface area (Å²) in [5.41, 5.74) is 7.55. The molecule has 0 unspecified atom stereocenters. The van der Waals surface area contributed by atoms with Gasteiger partial charge in [0.05, 0.1) is 16.3 Å². The number of nitrogen functional groups attached to an aromatic ring is 1. The van der Waals surface area contributed by atoms with E-state index in [4.69, 9.17) is 5.73 Å². The highest BCUT2D eigenvalue weighted by atomic mass is 16.6. The first kappa shape index (κ1) is 10.8. The fraction of sp³-hybridized carbons (Fsp3) is 0.250. The summed E-state index contributed by atoms with van der Waals surface area (Å²) in [7, 11) is 0. The van der Waals surface area contributed by atoms with Gasteiger partial charge in [-0.15, -0.1) is 0 Å². The van der Waals surface area contributed by atoms with Gasteiger partial charge >= 0.3 is 0 Å². The summed E-state index contributed by atoms with van der Waals surface area (Å²) in [5.74, 6) is 0.585. The van der Waals surface area contributed by atoms with E-state index < -0.39 is 4.92 Å². The number of hydrogen-bond donors (Lipinski definition) is 1. The molecule has 1 aliphatic rings. The van der Waals surface area contributed by atoms with Gasteiger partial charge in [-0.25, -0.2) is 4.68 Å². The Labute approximate surface area is 103 Å². The summed E-state index contributed by atoms with van der Waals surface area (Å²) in [6.45, 7) is 0. The molecule has 0 amide bonds. The topological polar surface area (TPSA) is 87.0 Å². The van der Waals surface area contributed by atoms with Gasteiger partial charge in [-0.3, -0.25) is 10.1 Å². The van der Waals surface area contributed by atoms with E-state index in [2.05, 4.69) is 5.10 Å². The standard InChI is InChI=1S/C12H12N4O2/c13-10-7-9(3-4-12(10)16(17)18)15-6-5-11(14-15)8-1-2-8/h3-8H,1-2,13H2. The molecule has 6 heteroatoms. The van der Waals surface area contributed by atoms with E-state index in [0.717, 1.165) is 11.4 Å². The fourth-order valence-corrected chi connectivity index (χ4v) is 1.93. The molecule has 18 heavy (non-hydrogen) atoms. The Kier molecular flexibility index (Phi) is 2.29. The maximum Gasteiger partial charge on any atom is 0.292 e. The van der Waals surface area contributed by atoms with E-state index in [1.54, 1.807) is 16.8 Å². The van der Waals surface area contributed by atoms with Gasteiger partial charge in [0, 0.05) is 18.2 Å². The first-order valence-corrected chi connectivity index (χ1v) is 5.75. The zero-order chi connectivity index (χ0) is 12.7. The van der Waals surface area contributed by atoms with Crippen LogP contribution in [-0.4, -0.2) is 14.7 Å². The highest BCUT2D eigenvalue weighted by Crippen LogP contribution is 2.39. The molecule has 1 fully saturated rings. The number of nitrogens with zero attached hydrogens (tertiary/aromatic N) is 3. The fourth-order valence-electron chi connectivity index (χ4n) is 1.93. The minimum absolute atomic E-state index is 0.0756. The summed E-state index contributed by atoms with van der Waals surface area (Å²) in [5, 5.41) is 15.1. The average molecular weight is 244 g/mol. The third-order valence-corrected chi connectivity index (χ3v) is 3.08. The number of rotatable bonds is 3. The zero-order valence-electron chi connectivity index (χ0n) is 9.61. The number of nitrogens with two attached hydrogens (primary N) is 1. The van der Waals surface area contributed by atoms with Crippen LogP contribution in [0.5, 0.6) is 0 Å². The summed E-state index contributed by atoms with van der Waals surface area (Å²) >= 11 is 0. The van der Waals surface area contributed by atoms with E-state index in [1.165, 1.54) is 18.9 Å². The van der Waals surface area contributed by atoms with E-state index in [0.29, 0.717) is 5.92 Å². The van der Waals surface area contributed by atoms with Crippen LogP contribution in [-0.2, 0) is 0 Å². The van der Waals surface area contributed by atoms with E-state index in [-0.39, 0.29) is 11.4 Å². The number of nitro benzene ring substituents is 1. The molecule has 92 valence electrons. The molecule has 1 heterocycles. The van der Waals surface area contributed by atoms with Crippen molar-refractivity contribution < 1.29 is 4.92 Å². The van der Waals surface area contributed by atoms with Crippen LogP contribution in [0.3, 0.4) is 0 Å². The second kappa shape index (κ2) is 3.83. The first-order valence-electron chi connectivity index (χ1n) is 5.75. The molecular weight excluding hydrogens is 232 g/mol. The molecule has 2 aromatic rings. The lowest BCUT2D eigenvalue weighted by Gasteiger charge is -2.03. The van der Waals surface area contributed by atoms with Crippen LogP contribution in [0.1, 0.15) is 24.5 Å². The third kappa shape index (κ3) is 1.81. The average Bonchev–Trinajstić information content (AvgIpc) is 3.06. The van der Waals surface area contributed by atoms with Gasteiger partial charge in [-0.05, 0) is 31.0 Å². The lowest BCUT2D eigenvalue weighted by atomic mass is 10.2. The van der Waals surface area contributed by atoms with E-state index in [9.17, 15) is 10.1 Å². The van der Waals surface area contributed by atoms with Gasteiger partial charge in [-0.2, -0.15) is 5.10 Å². The summed E-state index contributed by atoms with van der Waals surface area (Å²) < 4.78 is 1.70. The third-order valence-electron chi connectivity index (χ3n) is 3.08. The number of hydrogen-bond acceptors (Lipinski definition) is 4. The molecule has 3 rings (SSSR count). The van der Waals surface area contributed by atoms with Crippen LogP contribution in [0.15, 0.2) is 30.5 Å². The highest BCUT2D eigenvalue weighted by molar-refractivity contribution is 5.62. The molecule has 6 nitrogen and oxygen atoms in total. The van der Waals surface area contributed by atoms with Crippen molar-refractivity contribution in [3.8, 4) is 5.69 Å². The van der Waals surface area contributed by atoms with E-state index >= 15 is 0 Å². The van der Waals surface area contributed by atoms with Gasteiger partial charge in [0.15, 0.2) is 0 Å². The van der Waals surface area contributed by atoms with Crippen LogP contribution in [0.25, 0.3) is 5.69 Å². The Hall–Kier alpha value is -2.37. The number of nitro groups is 1. The number of anilines is 1. The second-order valence-electron chi connectivity index (χ2n) is 4.46. The van der Waals surface area contributed by atoms with Crippen molar-refractivity contribution in [3.63, 3.8) is 0 Å². The maximum atomic E-state index is 10.7. The van der Waals surface area contributed by atoms with Crippen LogP contribution >= 0.6 is 0 Å². The Balaban J connectivity index is 1.95. The Morgan fingerprint density at radius 3 is 2.78 bits per heavy atom. The summed E-state index contributed by atoms with van der Waals surface area (Å²) in [6, 6.07) is 6.61. The Morgan fingerprint density at radius 2 is 2.17 bits per heavy atom. The van der Waals surface area contributed by atoms with Crippen LogP contribution in [0, 0.1) is 10.1 Å². The molecule has 0 spiro atoms. The summed E-state index contributed by atoms with van der Waals surface area (Å²) in [4.78, 5) is 10.2. The smallest absolute Gasteiger partial charge is 0.292 e. The Bertz CT molecular complexity index is 616. The van der Waals surface area contributed by atoms with Gasteiger partial charge in [0.25, 0.3) is 5.69 Å². The molecule has 0 aliphatic heterocycles. The predicted molar refractivity (Wildman–Crippen MR) is 66.6 cm³/mol. The molecule has 0 saturated heterocycles. The lowest BCUT2D eigenvalue weighted by Crippen LogP contribution is -2.00. The molecule has 2 N–H and O–H groups in total. The van der Waals surface area contributed by atoms with Gasteiger partial charge in [-0.1, -0.05) is 0 Å². The van der Waals surface area contributed by atoms with Crippen molar-refractivity contribution in [2.45, 2.75) is 18.8 Å². The van der Waals surface area contributed by atoms with Crippen LogP contribution in [0.4, 0.5) is 11.4 Å². The van der Waals surface area contributed by atoms with Gasteiger partial charge in [0.2, 0.25) is 0 Å². The molecule has 0 bridgehead atoms. The molecule has 1 aliphatic carbocycles. The minimum atomic E-state index is -0.488. The Morgan fingerprint density at radius 1 is 1.39 bits per heavy atom. The SMILES string of the molecule is Nc1cc(-n2ccc(C3CC3)n2)ccc1[N+](=O)[O-]. The van der Waals surface area contributed by atoms with Gasteiger partial charge in [0.1, 0.15) is 5.69 Å². The van der Waals surface area contributed by atoms with Crippen LogP contribution < -0.4 is 5.73 Å². The highest BCUT2D eigenvalue weighted by Gasteiger charge is 2.26. The van der Waals surface area contributed by atoms with Crippen molar-refractivity contribution in [1.29, 1.82) is 0 Å². The molecule has 0 atom stereocenters. The number of aromatic nitrogens is 2.